The summed E-state index contributed by atoms with van der Waals surface area (Å²) in [7, 11) is 0. The van der Waals surface area contributed by atoms with Crippen molar-refractivity contribution in [2.24, 2.45) is 11.8 Å². The molecule has 1 rings (SSSR count). The highest BCUT2D eigenvalue weighted by Crippen LogP contribution is 2.30. The van der Waals surface area contributed by atoms with E-state index in [1.165, 1.54) is 0 Å². The predicted molar refractivity (Wildman–Crippen MR) is 52.4 cm³/mol. The minimum Gasteiger partial charge on any atom is -0.481 e. The van der Waals surface area contributed by atoms with Gasteiger partial charge in [0.1, 0.15) is 0 Å². The van der Waals surface area contributed by atoms with Crippen LogP contribution in [0.15, 0.2) is 0 Å². The van der Waals surface area contributed by atoms with Crippen LogP contribution in [-0.4, -0.2) is 27.9 Å². The van der Waals surface area contributed by atoms with Gasteiger partial charge in [-0.2, -0.15) is 4.79 Å². The van der Waals surface area contributed by atoms with Crippen molar-refractivity contribution < 1.29 is 19.5 Å². The van der Waals surface area contributed by atoms with Crippen LogP contribution in [-0.2, 0) is 9.59 Å². The first-order valence-electron chi connectivity index (χ1n) is 5.06. The molecule has 15 heavy (non-hydrogen) atoms. The molecule has 0 heterocycles. The molecule has 1 saturated carbocycles. The molecule has 1 N–H and O–H groups in total. The summed E-state index contributed by atoms with van der Waals surface area (Å²) in [5, 5.41) is 8.77. The smallest absolute Gasteiger partial charge is 0.323 e. The third-order valence-electron chi connectivity index (χ3n) is 2.89. The van der Waals surface area contributed by atoms with Gasteiger partial charge in [-0.15, -0.1) is 0 Å². The fourth-order valence-electron chi connectivity index (χ4n) is 2.02. The average molecular weight is 210 g/mol. The Hall–Kier alpha value is -1.48. The summed E-state index contributed by atoms with van der Waals surface area (Å²) in [5.41, 5.74) is 8.15. The third kappa shape index (κ3) is 3.64. The summed E-state index contributed by atoms with van der Waals surface area (Å²) in [6.45, 7) is 0. The van der Waals surface area contributed by atoms with E-state index in [-0.39, 0.29) is 17.6 Å². The van der Waals surface area contributed by atoms with Crippen molar-refractivity contribution >= 4 is 18.0 Å². The molecule has 5 heteroatoms. The van der Waals surface area contributed by atoms with Gasteiger partial charge in [-0.25, -0.2) is 0 Å². The number of nitrogens with zero attached hydrogens (tertiary/aromatic N) is 2. The quantitative estimate of drug-likeness (QED) is 0.428. The maximum absolute atomic E-state index is 11.1. The van der Waals surface area contributed by atoms with Gasteiger partial charge in [-0.05, 0) is 31.6 Å². The number of carbonyl (C=O) groups is 2. The van der Waals surface area contributed by atoms with Crippen molar-refractivity contribution in [1.82, 2.24) is 0 Å². The Balaban J connectivity index is 2.34. The van der Waals surface area contributed by atoms with Gasteiger partial charge in [-0.1, -0.05) is 0 Å². The highest BCUT2D eigenvalue weighted by atomic mass is 16.4. The van der Waals surface area contributed by atoms with Gasteiger partial charge in [-0.3, -0.25) is 9.59 Å². The molecule has 0 atom stereocenters. The zero-order chi connectivity index (χ0) is 11.3. The first-order valence-corrected chi connectivity index (χ1v) is 5.06. The van der Waals surface area contributed by atoms with Crippen molar-refractivity contribution in [2.45, 2.75) is 32.1 Å². The molecule has 0 unspecified atom stereocenters. The van der Waals surface area contributed by atoms with Crippen LogP contribution in [0.4, 0.5) is 0 Å². The monoisotopic (exact) mass is 210 g/mol. The van der Waals surface area contributed by atoms with Crippen LogP contribution in [0.2, 0.25) is 0 Å². The first-order chi connectivity index (χ1) is 7.13. The Morgan fingerprint density at radius 2 is 1.93 bits per heavy atom. The van der Waals surface area contributed by atoms with E-state index in [1.54, 1.807) is 0 Å². The number of carboxylic acids is 1. The van der Waals surface area contributed by atoms with E-state index in [1.807, 2.05) is 0 Å². The molecule has 5 nitrogen and oxygen atoms in total. The Morgan fingerprint density at radius 3 is 2.40 bits per heavy atom. The summed E-state index contributed by atoms with van der Waals surface area (Å²) < 4.78 is 0. The Bertz CT molecular complexity index is 300. The number of aliphatic carboxylic acids is 1. The normalized spacial score (nSPS) is 25.3. The van der Waals surface area contributed by atoms with Gasteiger partial charge in [0.15, 0.2) is 0 Å². The number of ketones is 1. The lowest BCUT2D eigenvalue weighted by atomic mass is 9.80. The molecule has 0 radical (unpaired) electrons. The van der Waals surface area contributed by atoms with Crippen LogP contribution < -0.4 is 0 Å². The van der Waals surface area contributed by atoms with Crippen LogP contribution in [0, 0.1) is 11.8 Å². The fourth-order valence-corrected chi connectivity index (χ4v) is 2.02. The molecule has 0 aliphatic heterocycles. The second-order valence-electron chi connectivity index (χ2n) is 3.97. The van der Waals surface area contributed by atoms with Crippen molar-refractivity contribution in [3.05, 3.63) is 5.53 Å². The van der Waals surface area contributed by atoms with Crippen LogP contribution in [0.1, 0.15) is 32.1 Å². The van der Waals surface area contributed by atoms with Gasteiger partial charge >= 0.3 is 12.2 Å². The summed E-state index contributed by atoms with van der Waals surface area (Å²) in [6.07, 6.45) is 4.08. The number of hydrogen-bond acceptors (Lipinski definition) is 2. The molecule has 0 saturated heterocycles. The average Bonchev–Trinajstić information content (AvgIpc) is 2.18. The van der Waals surface area contributed by atoms with Crippen LogP contribution in [0.25, 0.3) is 5.53 Å². The number of carboxylic acid groups (broad SMARTS) is 1. The topological polar surface area (TPSA) is 90.8 Å². The maximum atomic E-state index is 11.1. The Labute approximate surface area is 87.7 Å². The zero-order valence-electron chi connectivity index (χ0n) is 8.43. The number of Topliss-reactive ketones (excluding diaryl/α,β-unsaturated/α-hetero) is 1. The van der Waals surface area contributed by atoms with E-state index in [0.29, 0.717) is 19.3 Å². The lowest BCUT2D eigenvalue weighted by Gasteiger charge is -2.24. The molecule has 0 amide bonds. The third-order valence-corrected chi connectivity index (χ3v) is 2.89. The van der Waals surface area contributed by atoms with Crippen molar-refractivity contribution in [3.63, 3.8) is 0 Å². The molecule has 1 fully saturated rings. The minimum atomic E-state index is -0.739. The van der Waals surface area contributed by atoms with E-state index in [0.717, 1.165) is 19.1 Å². The van der Waals surface area contributed by atoms with E-state index in [2.05, 4.69) is 4.79 Å². The van der Waals surface area contributed by atoms with Gasteiger partial charge in [0.05, 0.1) is 5.92 Å². The molecular weight excluding hydrogens is 196 g/mol. The van der Waals surface area contributed by atoms with E-state index < -0.39 is 5.97 Å². The van der Waals surface area contributed by atoms with Gasteiger partial charge in [0, 0.05) is 6.42 Å². The molecule has 0 aromatic rings. The summed E-state index contributed by atoms with van der Waals surface area (Å²) >= 11 is 0. The largest absolute Gasteiger partial charge is 0.481 e. The molecule has 1 aliphatic carbocycles. The maximum Gasteiger partial charge on any atom is 0.323 e. The van der Waals surface area contributed by atoms with Crippen LogP contribution in [0.3, 0.4) is 0 Å². The van der Waals surface area contributed by atoms with Gasteiger partial charge in [0.2, 0.25) is 5.78 Å². The molecule has 1 aliphatic rings. The van der Waals surface area contributed by atoms with E-state index in [4.69, 9.17) is 10.6 Å². The number of hydrogen-bond donors (Lipinski definition) is 1. The number of carbonyl (C=O) groups excluding carboxylic acids is 1. The second-order valence-corrected chi connectivity index (χ2v) is 3.97. The fraction of sp³-hybridized carbons (Fsp3) is 0.700. The van der Waals surface area contributed by atoms with Crippen molar-refractivity contribution in [2.75, 3.05) is 0 Å². The highest BCUT2D eigenvalue weighted by Gasteiger charge is 2.27. The van der Waals surface area contributed by atoms with Crippen molar-refractivity contribution in [3.8, 4) is 0 Å². The lowest BCUT2D eigenvalue weighted by molar-refractivity contribution is -0.143. The minimum absolute atomic E-state index is 0.198. The second kappa shape index (κ2) is 5.41. The number of rotatable bonds is 4. The standard InChI is InChI=1S/C10H14N2O3/c11-12-6-9(13)5-7-1-3-8(4-2-7)10(14)15/h6-8H,1-5H2,(H,14,15). The van der Waals surface area contributed by atoms with Gasteiger partial charge in [0.25, 0.3) is 0 Å². The summed E-state index contributed by atoms with van der Waals surface area (Å²) in [4.78, 5) is 24.4. The molecule has 0 bridgehead atoms. The molecule has 0 aromatic heterocycles. The van der Waals surface area contributed by atoms with Gasteiger partial charge < -0.3 is 10.6 Å². The molecule has 0 spiro atoms. The molecular formula is C10H14N2O3. The Kier molecular flexibility index (Phi) is 4.18. The molecule has 82 valence electrons. The van der Waals surface area contributed by atoms with Crippen molar-refractivity contribution in [1.29, 1.82) is 0 Å². The van der Waals surface area contributed by atoms with E-state index in [9.17, 15) is 9.59 Å². The summed E-state index contributed by atoms with van der Waals surface area (Å²) in [6, 6.07) is 0. The lowest BCUT2D eigenvalue weighted by Crippen LogP contribution is -2.23. The Morgan fingerprint density at radius 1 is 1.33 bits per heavy atom. The zero-order valence-corrected chi connectivity index (χ0v) is 8.43. The van der Waals surface area contributed by atoms with Crippen LogP contribution in [0.5, 0.6) is 0 Å². The first kappa shape index (κ1) is 11.6. The highest BCUT2D eigenvalue weighted by molar-refractivity contribution is 6.25. The summed E-state index contributed by atoms with van der Waals surface area (Å²) in [5.74, 6) is -0.943. The SMILES string of the molecule is [N-]=[N+]=CC(=O)CC1CCC(C(=O)O)CC1. The predicted octanol–water partition coefficient (Wildman–Crippen LogP) is 1.14. The molecule has 0 aromatic carbocycles. The van der Waals surface area contributed by atoms with E-state index >= 15 is 0 Å². The van der Waals surface area contributed by atoms with Crippen LogP contribution >= 0.6 is 0 Å².